The first kappa shape index (κ1) is 13.7. The number of nitrogens with one attached hydrogen (secondary N) is 2. The van der Waals surface area contributed by atoms with Gasteiger partial charge in [0.15, 0.2) is 0 Å². The molecule has 0 fully saturated rings. The summed E-state index contributed by atoms with van der Waals surface area (Å²) < 4.78 is 0. The summed E-state index contributed by atoms with van der Waals surface area (Å²) in [5.74, 6) is 0. The number of carbonyl (C=O) groups is 1. The molecular weight excluding hydrogens is 212 g/mol. The predicted molar refractivity (Wildman–Crippen MR) is 71.4 cm³/mol. The van der Waals surface area contributed by atoms with Gasteiger partial charge >= 0.3 is 0 Å². The number of hydrogen-bond donors (Lipinski definition) is 2. The molecule has 0 amide bonds. The van der Waals surface area contributed by atoms with E-state index in [1.807, 2.05) is 12.1 Å². The smallest absolute Gasteiger partial charge is 0.121 e. The van der Waals surface area contributed by atoms with E-state index in [0.717, 1.165) is 38.0 Å². The average Bonchev–Trinajstić information content (AvgIpc) is 2.33. The Kier molecular flexibility index (Phi) is 6.33. The van der Waals surface area contributed by atoms with Crippen LogP contribution in [0.15, 0.2) is 12.1 Å². The molecule has 0 saturated heterocycles. The van der Waals surface area contributed by atoms with Gasteiger partial charge < -0.3 is 15.4 Å². The molecule has 2 N–H and O–H groups in total. The van der Waals surface area contributed by atoms with Crippen LogP contribution in [-0.2, 0) is 4.79 Å². The summed E-state index contributed by atoms with van der Waals surface area (Å²) in [6.07, 6.45) is 2.59. The van der Waals surface area contributed by atoms with Crippen LogP contribution in [0.4, 0.5) is 5.69 Å². The van der Waals surface area contributed by atoms with E-state index in [2.05, 4.69) is 30.5 Å². The van der Waals surface area contributed by atoms with Crippen LogP contribution in [-0.4, -0.2) is 25.9 Å². The third-order valence-corrected chi connectivity index (χ3v) is 2.81. The minimum Gasteiger partial charge on any atom is -0.385 e. The van der Waals surface area contributed by atoms with Gasteiger partial charge in [0, 0.05) is 25.2 Å². The average molecular weight is 233 g/mol. The molecule has 1 aromatic carbocycles. The Labute approximate surface area is 104 Å². The Morgan fingerprint density at radius 1 is 1.24 bits per heavy atom. The van der Waals surface area contributed by atoms with Gasteiger partial charge in [0.05, 0.1) is 0 Å². The van der Waals surface area contributed by atoms with Crippen LogP contribution in [0.2, 0.25) is 0 Å². The third-order valence-electron chi connectivity index (χ3n) is 2.81. The van der Waals surface area contributed by atoms with Gasteiger partial charge in [-0.25, -0.2) is 0 Å². The molecule has 0 heterocycles. The highest BCUT2D eigenvalue weighted by molar-refractivity contribution is 5.53. The van der Waals surface area contributed by atoms with Crippen molar-refractivity contribution in [2.45, 2.75) is 26.7 Å². The normalized spacial score (nSPS) is 10.2. The highest BCUT2D eigenvalue weighted by atomic mass is 16.1. The lowest BCUT2D eigenvalue weighted by atomic mass is 10.1. The number of aldehydes is 1. The third kappa shape index (κ3) is 5.00. The maximum atomic E-state index is 10.1. The molecule has 0 aromatic heterocycles. The summed E-state index contributed by atoms with van der Waals surface area (Å²) in [4.78, 5) is 10.1. The zero-order valence-electron chi connectivity index (χ0n) is 10.7. The standard InChI is InChI=1S/C14H21N2O/c1-12-6-3-7-14(13(12)2)16-10-4-8-15-9-5-11-17/h6-7,11,15-16H,4-5,8-10H2,1-2H3. The molecule has 93 valence electrons. The van der Waals surface area contributed by atoms with Crippen LogP contribution in [0.1, 0.15) is 24.0 Å². The van der Waals surface area contributed by atoms with Gasteiger partial charge in [0.1, 0.15) is 6.29 Å². The van der Waals surface area contributed by atoms with Crippen molar-refractivity contribution in [1.29, 1.82) is 0 Å². The van der Waals surface area contributed by atoms with Crippen LogP contribution in [0, 0.1) is 19.9 Å². The fourth-order valence-corrected chi connectivity index (χ4v) is 1.58. The molecule has 0 unspecified atom stereocenters. The Bertz CT molecular complexity index is 350. The van der Waals surface area contributed by atoms with Gasteiger partial charge in [-0.2, -0.15) is 0 Å². The number of anilines is 1. The first-order valence-corrected chi connectivity index (χ1v) is 6.11. The van der Waals surface area contributed by atoms with Crippen molar-refractivity contribution >= 4 is 12.0 Å². The highest BCUT2D eigenvalue weighted by Gasteiger charge is 1.99. The summed E-state index contributed by atoms with van der Waals surface area (Å²) in [6.45, 7) is 6.87. The first-order chi connectivity index (χ1) is 8.25. The van der Waals surface area contributed by atoms with Crippen LogP contribution < -0.4 is 10.6 Å². The largest absolute Gasteiger partial charge is 0.385 e. The molecule has 0 saturated carbocycles. The van der Waals surface area contributed by atoms with Crippen molar-refractivity contribution in [3.63, 3.8) is 0 Å². The van der Waals surface area contributed by atoms with Gasteiger partial charge in [-0.15, -0.1) is 0 Å². The maximum Gasteiger partial charge on any atom is 0.121 e. The molecule has 0 spiro atoms. The van der Waals surface area contributed by atoms with Gasteiger partial charge in [0.2, 0.25) is 0 Å². The molecule has 1 aromatic rings. The molecular formula is C14H21N2O. The molecule has 0 aliphatic carbocycles. The maximum absolute atomic E-state index is 10.1. The van der Waals surface area contributed by atoms with Gasteiger partial charge in [-0.3, -0.25) is 0 Å². The predicted octanol–water partition coefficient (Wildman–Crippen LogP) is 2.08. The molecule has 3 heteroatoms. The van der Waals surface area contributed by atoms with Crippen molar-refractivity contribution in [3.8, 4) is 0 Å². The molecule has 0 aliphatic rings. The van der Waals surface area contributed by atoms with Crippen molar-refractivity contribution in [2.75, 3.05) is 25.0 Å². The molecule has 1 rings (SSSR count). The lowest BCUT2D eigenvalue weighted by molar-refractivity contribution is -0.107. The van der Waals surface area contributed by atoms with E-state index in [1.54, 1.807) is 0 Å². The number of carbonyl (C=O) groups excluding carboxylic acids is 1. The summed E-state index contributed by atoms with van der Waals surface area (Å²) >= 11 is 0. The summed E-state index contributed by atoms with van der Waals surface area (Å²) in [5.41, 5.74) is 3.72. The SMILES string of the molecule is Cc1c[c]cc(NCCCNCCC=O)c1C. The lowest BCUT2D eigenvalue weighted by Crippen LogP contribution is -2.19. The minimum absolute atomic E-state index is 0.597. The molecule has 0 aliphatic heterocycles. The highest BCUT2D eigenvalue weighted by Crippen LogP contribution is 2.17. The summed E-state index contributed by atoms with van der Waals surface area (Å²) in [7, 11) is 0. The van der Waals surface area contributed by atoms with Gasteiger partial charge in [-0.05, 0) is 50.1 Å². The van der Waals surface area contributed by atoms with Crippen molar-refractivity contribution in [2.24, 2.45) is 0 Å². The molecule has 1 radical (unpaired) electrons. The van der Waals surface area contributed by atoms with E-state index in [4.69, 9.17) is 0 Å². The topological polar surface area (TPSA) is 41.1 Å². The monoisotopic (exact) mass is 233 g/mol. The van der Waals surface area contributed by atoms with Crippen LogP contribution >= 0.6 is 0 Å². The van der Waals surface area contributed by atoms with E-state index in [9.17, 15) is 4.79 Å². The van der Waals surface area contributed by atoms with E-state index >= 15 is 0 Å². The van der Waals surface area contributed by atoms with Gasteiger partial charge in [-0.1, -0.05) is 6.07 Å². The number of aryl methyl sites for hydroxylation is 1. The van der Waals surface area contributed by atoms with Crippen LogP contribution in [0.25, 0.3) is 0 Å². The Morgan fingerprint density at radius 2 is 2.06 bits per heavy atom. The molecule has 3 nitrogen and oxygen atoms in total. The fraction of sp³-hybridized carbons (Fsp3) is 0.500. The second kappa shape index (κ2) is 7.85. The lowest BCUT2D eigenvalue weighted by Gasteiger charge is -2.11. The van der Waals surface area contributed by atoms with Crippen molar-refractivity contribution in [3.05, 3.63) is 29.3 Å². The Hall–Kier alpha value is -1.35. The van der Waals surface area contributed by atoms with Crippen LogP contribution in [0.5, 0.6) is 0 Å². The zero-order chi connectivity index (χ0) is 12.5. The second-order valence-corrected chi connectivity index (χ2v) is 4.16. The summed E-state index contributed by atoms with van der Waals surface area (Å²) in [6, 6.07) is 7.11. The minimum atomic E-state index is 0.597. The molecule has 0 atom stereocenters. The fourth-order valence-electron chi connectivity index (χ4n) is 1.58. The Balaban J connectivity index is 2.18. The number of hydrogen-bond acceptors (Lipinski definition) is 3. The van der Waals surface area contributed by atoms with E-state index in [-0.39, 0.29) is 0 Å². The zero-order valence-corrected chi connectivity index (χ0v) is 10.7. The second-order valence-electron chi connectivity index (χ2n) is 4.16. The first-order valence-electron chi connectivity index (χ1n) is 6.11. The van der Waals surface area contributed by atoms with E-state index in [0.29, 0.717) is 6.42 Å². The molecule has 17 heavy (non-hydrogen) atoms. The molecule has 0 bridgehead atoms. The van der Waals surface area contributed by atoms with Gasteiger partial charge in [0.25, 0.3) is 0 Å². The van der Waals surface area contributed by atoms with Crippen molar-refractivity contribution in [1.82, 2.24) is 5.32 Å². The van der Waals surface area contributed by atoms with E-state index < -0.39 is 0 Å². The number of benzene rings is 1. The Morgan fingerprint density at radius 3 is 2.82 bits per heavy atom. The number of rotatable bonds is 8. The van der Waals surface area contributed by atoms with E-state index in [1.165, 1.54) is 11.1 Å². The quantitative estimate of drug-likeness (QED) is 0.533. The van der Waals surface area contributed by atoms with Crippen molar-refractivity contribution < 1.29 is 4.79 Å². The summed E-state index contributed by atoms with van der Waals surface area (Å²) in [5, 5.41) is 6.62. The van der Waals surface area contributed by atoms with Crippen LogP contribution in [0.3, 0.4) is 0 Å².